The number of fused-ring (bicyclic) bond motifs is 1. The number of thiazole rings is 1. The number of carbonyl (C=O) groups is 3. The summed E-state index contributed by atoms with van der Waals surface area (Å²) < 4.78 is 11.2. The predicted molar refractivity (Wildman–Crippen MR) is 109 cm³/mol. The van der Waals surface area contributed by atoms with Crippen molar-refractivity contribution >= 4 is 56.1 Å². The van der Waals surface area contributed by atoms with E-state index in [4.69, 9.17) is 20.8 Å². The van der Waals surface area contributed by atoms with E-state index in [9.17, 15) is 14.4 Å². The molecule has 29 heavy (non-hydrogen) atoms. The van der Waals surface area contributed by atoms with Crippen LogP contribution in [0.1, 0.15) is 19.6 Å². The Balaban J connectivity index is 1.99. The van der Waals surface area contributed by atoms with Crippen molar-refractivity contribution in [1.82, 2.24) is 10.3 Å². The first kappa shape index (κ1) is 20.8. The number of aromatic nitrogens is 1. The zero-order valence-corrected chi connectivity index (χ0v) is 17.2. The minimum Gasteiger partial charge on any atom is -0.469 e. The maximum atomic E-state index is 13.2. The molecule has 3 aromatic rings. The van der Waals surface area contributed by atoms with Gasteiger partial charge in [0, 0.05) is 13.3 Å². The lowest BCUT2D eigenvalue weighted by Gasteiger charge is -2.29. The number of carbonyl (C=O) groups excluding carboxylic acids is 3. The molecule has 0 aliphatic heterocycles. The second kappa shape index (κ2) is 8.62. The van der Waals surface area contributed by atoms with E-state index in [0.29, 0.717) is 16.3 Å². The summed E-state index contributed by atoms with van der Waals surface area (Å²) in [6.45, 7) is 2.85. The molecule has 0 aliphatic carbocycles. The summed E-state index contributed by atoms with van der Waals surface area (Å²) in [7, 11) is 0. The molecule has 1 unspecified atom stereocenters. The number of rotatable bonds is 7. The molecule has 0 bridgehead atoms. The molecule has 1 atom stereocenters. The van der Waals surface area contributed by atoms with Crippen LogP contribution in [0.5, 0.6) is 0 Å². The van der Waals surface area contributed by atoms with E-state index in [2.05, 4.69) is 15.6 Å². The first-order chi connectivity index (χ1) is 13.9. The number of nitrogens with one attached hydrogen (secondary N) is 2. The van der Waals surface area contributed by atoms with Crippen molar-refractivity contribution in [3.63, 3.8) is 0 Å². The van der Waals surface area contributed by atoms with Gasteiger partial charge in [0.15, 0.2) is 5.13 Å². The normalized spacial score (nSPS) is 12.9. The van der Waals surface area contributed by atoms with Crippen molar-refractivity contribution in [2.24, 2.45) is 0 Å². The van der Waals surface area contributed by atoms with E-state index in [1.807, 2.05) is 6.07 Å². The van der Waals surface area contributed by atoms with Crippen molar-refractivity contribution in [3.05, 3.63) is 47.4 Å². The Morgan fingerprint density at radius 3 is 2.69 bits per heavy atom. The summed E-state index contributed by atoms with van der Waals surface area (Å²) in [6, 6.07) is 8.48. The van der Waals surface area contributed by atoms with Gasteiger partial charge >= 0.3 is 5.97 Å². The van der Waals surface area contributed by atoms with Crippen LogP contribution in [-0.2, 0) is 25.5 Å². The number of esters is 1. The highest BCUT2D eigenvalue weighted by molar-refractivity contribution is 7.22. The van der Waals surface area contributed by atoms with Gasteiger partial charge < -0.3 is 14.5 Å². The number of hydrogen-bond donors (Lipinski definition) is 2. The fourth-order valence-corrected chi connectivity index (χ4v) is 3.96. The maximum absolute atomic E-state index is 13.2. The minimum absolute atomic E-state index is 0.0301. The number of para-hydroxylation sites is 1. The molecule has 152 valence electrons. The Hall–Kier alpha value is -2.91. The van der Waals surface area contributed by atoms with Crippen LogP contribution in [-0.4, -0.2) is 34.9 Å². The van der Waals surface area contributed by atoms with Crippen molar-refractivity contribution in [2.45, 2.75) is 25.8 Å². The lowest BCUT2D eigenvalue weighted by atomic mass is 9.92. The second-order valence-electron chi connectivity index (χ2n) is 6.12. The van der Waals surface area contributed by atoms with E-state index in [0.717, 1.165) is 4.70 Å². The quantitative estimate of drug-likeness (QED) is 0.435. The third kappa shape index (κ3) is 4.41. The number of amides is 2. The van der Waals surface area contributed by atoms with Crippen LogP contribution in [0.15, 0.2) is 41.0 Å². The molecule has 10 heteroatoms. The zero-order valence-electron chi connectivity index (χ0n) is 15.7. The summed E-state index contributed by atoms with van der Waals surface area (Å²) in [6.07, 6.45) is 1.18. The maximum Gasteiger partial charge on any atom is 0.342 e. The van der Waals surface area contributed by atoms with Gasteiger partial charge in [-0.05, 0) is 31.2 Å². The third-order valence-corrected chi connectivity index (χ3v) is 5.25. The van der Waals surface area contributed by atoms with E-state index >= 15 is 0 Å². The average molecular weight is 436 g/mol. The standard InChI is InChI=1S/C19H18ClN3O5S/c1-3-27-17(26)19(23-11(2)24,10-12-6-5-9-28-12)16(25)22-18-21-15-13(20)7-4-8-14(15)29-18/h4-9H,3,10H2,1-2H3,(H,23,24)(H,21,22,25). The van der Waals surface area contributed by atoms with E-state index in [-0.39, 0.29) is 18.2 Å². The molecule has 0 fully saturated rings. The van der Waals surface area contributed by atoms with Gasteiger partial charge in [0.1, 0.15) is 11.3 Å². The molecule has 0 aliphatic rings. The average Bonchev–Trinajstić information content (AvgIpc) is 3.30. The Morgan fingerprint density at radius 2 is 2.07 bits per heavy atom. The molecule has 8 nitrogen and oxygen atoms in total. The van der Waals surface area contributed by atoms with Crippen LogP contribution >= 0.6 is 22.9 Å². The molecule has 2 heterocycles. The fourth-order valence-electron chi connectivity index (χ4n) is 2.80. The second-order valence-corrected chi connectivity index (χ2v) is 7.56. The van der Waals surface area contributed by atoms with Crippen LogP contribution < -0.4 is 10.6 Å². The number of anilines is 1. The van der Waals surface area contributed by atoms with E-state index in [1.165, 1.54) is 24.5 Å². The first-order valence-electron chi connectivity index (χ1n) is 8.70. The van der Waals surface area contributed by atoms with Crippen molar-refractivity contribution in [2.75, 3.05) is 11.9 Å². The Labute approximate surface area is 175 Å². The Kier molecular flexibility index (Phi) is 6.19. The van der Waals surface area contributed by atoms with Gasteiger partial charge in [-0.15, -0.1) is 0 Å². The van der Waals surface area contributed by atoms with Crippen LogP contribution in [0.3, 0.4) is 0 Å². The summed E-state index contributed by atoms with van der Waals surface area (Å²) >= 11 is 7.33. The van der Waals surface area contributed by atoms with E-state index < -0.39 is 23.3 Å². The van der Waals surface area contributed by atoms with Gasteiger partial charge in [0.05, 0.1) is 22.6 Å². The van der Waals surface area contributed by atoms with Crippen LogP contribution in [0.4, 0.5) is 5.13 Å². The number of furan rings is 1. The number of hydrogen-bond acceptors (Lipinski definition) is 7. The SMILES string of the molecule is CCOC(=O)C(Cc1ccco1)(NC(C)=O)C(=O)Nc1nc2c(Cl)cccc2s1. The summed E-state index contributed by atoms with van der Waals surface area (Å²) in [5.41, 5.74) is -1.50. The molecular formula is C19H18ClN3O5S. The number of ether oxygens (including phenoxy) is 1. The lowest BCUT2D eigenvalue weighted by Crippen LogP contribution is -2.63. The van der Waals surface area contributed by atoms with Crippen molar-refractivity contribution < 1.29 is 23.5 Å². The van der Waals surface area contributed by atoms with Gasteiger partial charge in [-0.2, -0.15) is 0 Å². The van der Waals surface area contributed by atoms with Gasteiger partial charge in [-0.25, -0.2) is 9.78 Å². The lowest BCUT2D eigenvalue weighted by molar-refractivity contribution is -0.156. The molecule has 0 saturated heterocycles. The molecule has 1 aromatic carbocycles. The third-order valence-electron chi connectivity index (χ3n) is 4.01. The summed E-state index contributed by atoms with van der Waals surface area (Å²) in [5.74, 6) is -1.94. The predicted octanol–water partition coefficient (Wildman–Crippen LogP) is 3.16. The highest BCUT2D eigenvalue weighted by atomic mass is 35.5. The topological polar surface area (TPSA) is 111 Å². The molecule has 0 spiro atoms. The summed E-state index contributed by atoms with van der Waals surface area (Å²) in [5, 5.41) is 5.73. The van der Waals surface area contributed by atoms with Gasteiger partial charge in [-0.1, -0.05) is 29.0 Å². The van der Waals surface area contributed by atoms with Crippen molar-refractivity contribution in [1.29, 1.82) is 0 Å². The van der Waals surface area contributed by atoms with Gasteiger partial charge in [0.2, 0.25) is 11.4 Å². The van der Waals surface area contributed by atoms with Gasteiger partial charge in [-0.3, -0.25) is 14.9 Å². The van der Waals surface area contributed by atoms with Crippen LogP contribution in [0.25, 0.3) is 10.2 Å². The zero-order chi connectivity index (χ0) is 21.0. The molecule has 2 amide bonds. The number of benzene rings is 1. The molecule has 2 aromatic heterocycles. The first-order valence-corrected chi connectivity index (χ1v) is 9.90. The molecule has 3 rings (SSSR count). The monoisotopic (exact) mass is 435 g/mol. The highest BCUT2D eigenvalue weighted by Crippen LogP contribution is 2.31. The highest BCUT2D eigenvalue weighted by Gasteiger charge is 2.49. The molecular weight excluding hydrogens is 418 g/mol. The van der Waals surface area contributed by atoms with Crippen molar-refractivity contribution in [3.8, 4) is 0 Å². The largest absolute Gasteiger partial charge is 0.469 e. The van der Waals surface area contributed by atoms with Gasteiger partial charge in [0.25, 0.3) is 5.91 Å². The molecule has 0 radical (unpaired) electrons. The molecule has 0 saturated carbocycles. The number of halogens is 1. The molecule has 2 N–H and O–H groups in total. The van der Waals surface area contributed by atoms with Crippen LogP contribution in [0.2, 0.25) is 5.02 Å². The summed E-state index contributed by atoms with van der Waals surface area (Å²) in [4.78, 5) is 42.2. The minimum atomic E-state index is -2.03. The fraction of sp³-hybridized carbons (Fsp3) is 0.263. The number of nitrogens with zero attached hydrogens (tertiary/aromatic N) is 1. The Bertz CT molecular complexity index is 1050. The van der Waals surface area contributed by atoms with Crippen LogP contribution in [0, 0.1) is 0 Å². The Morgan fingerprint density at radius 1 is 1.28 bits per heavy atom. The van der Waals surface area contributed by atoms with E-state index in [1.54, 1.807) is 31.2 Å². The smallest absolute Gasteiger partial charge is 0.342 e.